The summed E-state index contributed by atoms with van der Waals surface area (Å²) in [6.45, 7) is 1.83. The first-order valence-corrected chi connectivity index (χ1v) is 6.56. The Bertz CT molecular complexity index is 503. The van der Waals surface area contributed by atoms with Crippen LogP contribution in [0.4, 0.5) is 0 Å². The third-order valence-corrected chi connectivity index (χ3v) is 3.27. The molecule has 0 aliphatic carbocycles. The quantitative estimate of drug-likeness (QED) is 0.781. The number of nitrogens with one attached hydrogen (secondary N) is 1. The molecule has 0 radical (unpaired) electrons. The molecular weight excluding hydrogens is 321 g/mol. The number of rotatable bonds is 6. The van der Waals surface area contributed by atoms with E-state index >= 15 is 0 Å². The van der Waals surface area contributed by atoms with Crippen molar-refractivity contribution >= 4 is 42.1 Å². The van der Waals surface area contributed by atoms with Crippen LogP contribution in [0.15, 0.2) is 24.1 Å². The number of carbonyl (C=O) groups is 1. The highest BCUT2D eigenvalue weighted by Crippen LogP contribution is 2.08. The standard InChI is InChI=1S/C11H15N5OS.2ClH/c12-6-10-15-9(7-18-10)11(17)14-2-1-4-16-5-3-13-8-16;;/h3,5,7-8H,1-2,4,6,12H2,(H,14,17);2*1H. The van der Waals surface area contributed by atoms with Crippen LogP contribution < -0.4 is 11.1 Å². The van der Waals surface area contributed by atoms with E-state index in [1.807, 2.05) is 10.8 Å². The number of hydrogen-bond donors (Lipinski definition) is 2. The summed E-state index contributed by atoms with van der Waals surface area (Å²) in [6, 6.07) is 0. The lowest BCUT2D eigenvalue weighted by molar-refractivity contribution is 0.0948. The second-order valence-electron chi connectivity index (χ2n) is 3.74. The maximum absolute atomic E-state index is 11.7. The molecule has 3 N–H and O–H groups in total. The number of imidazole rings is 1. The fourth-order valence-electron chi connectivity index (χ4n) is 1.48. The Kier molecular flexibility index (Phi) is 9.15. The van der Waals surface area contributed by atoms with Crippen molar-refractivity contribution < 1.29 is 4.79 Å². The summed E-state index contributed by atoms with van der Waals surface area (Å²) in [5, 5.41) is 5.34. The fourth-order valence-corrected chi connectivity index (χ4v) is 2.14. The van der Waals surface area contributed by atoms with Crippen molar-refractivity contribution in [2.24, 2.45) is 5.73 Å². The van der Waals surface area contributed by atoms with Gasteiger partial charge >= 0.3 is 0 Å². The summed E-state index contributed by atoms with van der Waals surface area (Å²) in [5.74, 6) is -0.142. The summed E-state index contributed by atoms with van der Waals surface area (Å²) in [7, 11) is 0. The molecule has 0 unspecified atom stereocenters. The van der Waals surface area contributed by atoms with Gasteiger partial charge in [0.1, 0.15) is 10.7 Å². The Labute approximate surface area is 133 Å². The third-order valence-electron chi connectivity index (χ3n) is 2.40. The van der Waals surface area contributed by atoms with Gasteiger partial charge < -0.3 is 15.6 Å². The van der Waals surface area contributed by atoms with Crippen LogP contribution in [-0.2, 0) is 13.1 Å². The van der Waals surface area contributed by atoms with Gasteiger partial charge in [0, 0.05) is 37.4 Å². The van der Waals surface area contributed by atoms with Gasteiger partial charge in [-0.2, -0.15) is 0 Å². The molecule has 0 spiro atoms. The van der Waals surface area contributed by atoms with Gasteiger partial charge in [-0.15, -0.1) is 36.2 Å². The van der Waals surface area contributed by atoms with Crippen molar-refractivity contribution in [2.75, 3.05) is 6.54 Å². The van der Waals surface area contributed by atoms with Gasteiger partial charge in [-0.25, -0.2) is 9.97 Å². The van der Waals surface area contributed by atoms with E-state index in [2.05, 4.69) is 15.3 Å². The van der Waals surface area contributed by atoms with Crippen LogP contribution in [0.25, 0.3) is 0 Å². The van der Waals surface area contributed by atoms with E-state index in [0.717, 1.165) is 18.0 Å². The average Bonchev–Trinajstić information content (AvgIpc) is 3.05. The molecule has 1 amide bonds. The van der Waals surface area contributed by atoms with Crippen molar-refractivity contribution in [3.05, 3.63) is 34.8 Å². The Morgan fingerprint density at radius 3 is 2.85 bits per heavy atom. The highest BCUT2D eigenvalue weighted by molar-refractivity contribution is 7.09. The average molecular weight is 338 g/mol. The van der Waals surface area contributed by atoms with Crippen molar-refractivity contribution in [2.45, 2.75) is 19.5 Å². The van der Waals surface area contributed by atoms with E-state index in [1.165, 1.54) is 11.3 Å². The van der Waals surface area contributed by atoms with Gasteiger partial charge in [-0.1, -0.05) is 0 Å². The van der Waals surface area contributed by atoms with Gasteiger partial charge in [0.25, 0.3) is 5.91 Å². The van der Waals surface area contributed by atoms with Crippen molar-refractivity contribution in [3.63, 3.8) is 0 Å². The predicted octanol–water partition coefficient (Wildman–Crippen LogP) is 1.46. The third kappa shape index (κ3) is 5.46. The number of aryl methyl sites for hydroxylation is 1. The molecule has 0 saturated heterocycles. The largest absolute Gasteiger partial charge is 0.351 e. The van der Waals surface area contributed by atoms with Crippen molar-refractivity contribution in [3.8, 4) is 0 Å². The topological polar surface area (TPSA) is 85.8 Å². The van der Waals surface area contributed by atoms with E-state index in [4.69, 9.17) is 5.73 Å². The second kappa shape index (κ2) is 9.71. The summed E-state index contributed by atoms with van der Waals surface area (Å²) in [5.41, 5.74) is 5.89. The number of halogens is 2. The molecule has 0 atom stereocenters. The first kappa shape index (κ1) is 18.9. The molecule has 0 aliphatic heterocycles. The normalized spacial score (nSPS) is 9.45. The zero-order chi connectivity index (χ0) is 12.8. The molecule has 2 heterocycles. The lowest BCUT2D eigenvalue weighted by atomic mass is 10.4. The smallest absolute Gasteiger partial charge is 0.270 e. The molecule has 6 nitrogen and oxygen atoms in total. The van der Waals surface area contributed by atoms with E-state index in [9.17, 15) is 4.79 Å². The summed E-state index contributed by atoms with van der Waals surface area (Å²) in [4.78, 5) is 19.8. The van der Waals surface area contributed by atoms with E-state index in [1.54, 1.807) is 17.9 Å². The molecule has 9 heteroatoms. The first-order valence-electron chi connectivity index (χ1n) is 5.68. The van der Waals surface area contributed by atoms with E-state index < -0.39 is 0 Å². The van der Waals surface area contributed by atoms with Crippen molar-refractivity contribution in [1.29, 1.82) is 0 Å². The van der Waals surface area contributed by atoms with Crippen molar-refractivity contribution in [1.82, 2.24) is 19.9 Å². The van der Waals surface area contributed by atoms with Crippen LogP contribution >= 0.6 is 36.2 Å². The fraction of sp³-hybridized carbons (Fsp3) is 0.364. The summed E-state index contributed by atoms with van der Waals surface area (Å²) < 4.78 is 1.97. The monoisotopic (exact) mass is 337 g/mol. The van der Waals surface area contributed by atoms with E-state index in [0.29, 0.717) is 18.8 Å². The maximum atomic E-state index is 11.7. The molecule has 112 valence electrons. The number of nitrogens with zero attached hydrogens (tertiary/aromatic N) is 3. The summed E-state index contributed by atoms with van der Waals surface area (Å²) >= 11 is 1.41. The molecule has 0 fully saturated rings. The van der Waals surface area contributed by atoms with Gasteiger partial charge in [-0.3, -0.25) is 4.79 Å². The number of aromatic nitrogens is 3. The van der Waals surface area contributed by atoms with Crippen LogP contribution in [0.3, 0.4) is 0 Å². The Balaban J connectivity index is 0.00000180. The number of thiazole rings is 1. The zero-order valence-electron chi connectivity index (χ0n) is 10.7. The number of amides is 1. The zero-order valence-corrected chi connectivity index (χ0v) is 13.1. The molecule has 0 aliphatic rings. The molecule has 2 aromatic rings. The molecule has 2 rings (SSSR count). The van der Waals surface area contributed by atoms with Gasteiger partial charge in [0.05, 0.1) is 6.33 Å². The molecule has 20 heavy (non-hydrogen) atoms. The minimum atomic E-state index is -0.142. The highest BCUT2D eigenvalue weighted by Gasteiger charge is 2.08. The van der Waals surface area contributed by atoms with Crippen LogP contribution in [-0.4, -0.2) is 27.0 Å². The maximum Gasteiger partial charge on any atom is 0.270 e. The SMILES string of the molecule is Cl.Cl.NCc1nc(C(=O)NCCCn2ccnc2)cs1. The molecule has 0 aromatic carbocycles. The van der Waals surface area contributed by atoms with Gasteiger partial charge in [-0.05, 0) is 6.42 Å². The Morgan fingerprint density at radius 2 is 2.25 bits per heavy atom. The Hall–Kier alpha value is -1.15. The molecule has 2 aromatic heterocycles. The minimum absolute atomic E-state index is 0. The van der Waals surface area contributed by atoms with Crippen LogP contribution in [0.5, 0.6) is 0 Å². The number of hydrogen-bond acceptors (Lipinski definition) is 5. The van der Waals surface area contributed by atoms with Gasteiger partial charge in [0.15, 0.2) is 0 Å². The van der Waals surface area contributed by atoms with E-state index in [-0.39, 0.29) is 30.7 Å². The lowest BCUT2D eigenvalue weighted by Crippen LogP contribution is -2.25. The van der Waals surface area contributed by atoms with Crippen LogP contribution in [0, 0.1) is 0 Å². The molecular formula is C11H17Cl2N5OS. The molecule has 0 saturated carbocycles. The van der Waals surface area contributed by atoms with Gasteiger partial charge in [0.2, 0.25) is 0 Å². The van der Waals surface area contributed by atoms with Crippen LogP contribution in [0.1, 0.15) is 21.9 Å². The van der Waals surface area contributed by atoms with Crippen LogP contribution in [0.2, 0.25) is 0 Å². The predicted molar refractivity (Wildman–Crippen MR) is 83.7 cm³/mol. The lowest BCUT2D eigenvalue weighted by Gasteiger charge is -2.03. The number of carbonyl (C=O) groups excluding carboxylic acids is 1. The minimum Gasteiger partial charge on any atom is -0.351 e. The number of nitrogens with two attached hydrogens (primary N) is 1. The second-order valence-corrected chi connectivity index (χ2v) is 4.68. The molecule has 0 bridgehead atoms. The highest BCUT2D eigenvalue weighted by atomic mass is 35.5. The summed E-state index contributed by atoms with van der Waals surface area (Å²) in [6.07, 6.45) is 6.25. The first-order chi connectivity index (χ1) is 8.79. The Morgan fingerprint density at radius 1 is 1.45 bits per heavy atom.